The quantitative estimate of drug-likeness (QED) is 0.662. The van der Waals surface area contributed by atoms with Crippen molar-refractivity contribution in [3.05, 3.63) is 70.0 Å². The standard InChI is InChI=1S/C20H21F3/c1-2-13-3-5-14(6-4-13)7-8-15-9-10-17-16(11-15)12-18(21)20(23)19(17)22/h3-6,12,15H,2,7-11H2,1H3. The van der Waals surface area contributed by atoms with Crippen LogP contribution in [0.25, 0.3) is 0 Å². The molecule has 0 saturated heterocycles. The van der Waals surface area contributed by atoms with Gasteiger partial charge in [0.25, 0.3) is 0 Å². The van der Waals surface area contributed by atoms with Gasteiger partial charge in [-0.25, -0.2) is 13.2 Å². The fourth-order valence-electron chi connectivity index (χ4n) is 3.45. The van der Waals surface area contributed by atoms with Gasteiger partial charge in [-0.15, -0.1) is 0 Å². The Kier molecular flexibility index (Phi) is 4.74. The highest BCUT2D eigenvalue weighted by atomic mass is 19.2. The molecule has 0 spiro atoms. The lowest BCUT2D eigenvalue weighted by atomic mass is 9.80. The zero-order valence-corrected chi connectivity index (χ0v) is 13.3. The third-order valence-corrected chi connectivity index (χ3v) is 4.94. The molecule has 122 valence electrons. The normalized spacial score (nSPS) is 17.1. The Morgan fingerprint density at radius 1 is 1.00 bits per heavy atom. The lowest BCUT2D eigenvalue weighted by Gasteiger charge is -2.25. The van der Waals surface area contributed by atoms with Gasteiger partial charge in [-0.3, -0.25) is 0 Å². The smallest absolute Gasteiger partial charge is 0.194 e. The highest BCUT2D eigenvalue weighted by Crippen LogP contribution is 2.32. The first-order valence-corrected chi connectivity index (χ1v) is 8.31. The molecule has 0 fully saturated rings. The first kappa shape index (κ1) is 16.1. The Morgan fingerprint density at radius 3 is 2.39 bits per heavy atom. The van der Waals surface area contributed by atoms with Gasteiger partial charge in [-0.05, 0) is 72.8 Å². The van der Waals surface area contributed by atoms with Crippen LogP contribution in [0.4, 0.5) is 13.2 Å². The van der Waals surface area contributed by atoms with Gasteiger partial charge in [0.05, 0.1) is 0 Å². The molecule has 3 rings (SSSR count). The van der Waals surface area contributed by atoms with E-state index in [0.717, 1.165) is 25.7 Å². The molecular formula is C20H21F3. The molecule has 0 amide bonds. The minimum Gasteiger partial charge on any atom is -0.204 e. The average Bonchev–Trinajstić information content (AvgIpc) is 2.58. The Bertz CT molecular complexity index is 689. The van der Waals surface area contributed by atoms with Crippen LogP contribution in [0.15, 0.2) is 30.3 Å². The summed E-state index contributed by atoms with van der Waals surface area (Å²) in [6.45, 7) is 2.13. The molecule has 1 aliphatic rings. The second kappa shape index (κ2) is 6.77. The fraction of sp³-hybridized carbons (Fsp3) is 0.400. The van der Waals surface area contributed by atoms with Crippen LogP contribution >= 0.6 is 0 Å². The summed E-state index contributed by atoms with van der Waals surface area (Å²) in [5.74, 6) is -3.00. The first-order chi connectivity index (χ1) is 11.1. The Hall–Kier alpha value is -1.77. The number of rotatable bonds is 4. The van der Waals surface area contributed by atoms with Crippen LogP contribution in [0.5, 0.6) is 0 Å². The zero-order chi connectivity index (χ0) is 16.4. The van der Waals surface area contributed by atoms with Crippen molar-refractivity contribution in [3.63, 3.8) is 0 Å². The van der Waals surface area contributed by atoms with Crippen molar-refractivity contribution in [1.29, 1.82) is 0 Å². The molecular weight excluding hydrogens is 297 g/mol. The highest BCUT2D eigenvalue weighted by Gasteiger charge is 2.25. The maximum atomic E-state index is 13.8. The molecule has 23 heavy (non-hydrogen) atoms. The van der Waals surface area contributed by atoms with E-state index in [0.29, 0.717) is 29.9 Å². The van der Waals surface area contributed by atoms with Crippen molar-refractivity contribution in [2.75, 3.05) is 0 Å². The maximum absolute atomic E-state index is 13.8. The highest BCUT2D eigenvalue weighted by molar-refractivity contribution is 5.33. The topological polar surface area (TPSA) is 0 Å². The molecule has 3 heteroatoms. The molecule has 2 aromatic rings. The fourth-order valence-corrected chi connectivity index (χ4v) is 3.45. The summed E-state index contributed by atoms with van der Waals surface area (Å²) < 4.78 is 40.5. The van der Waals surface area contributed by atoms with E-state index in [1.165, 1.54) is 17.2 Å². The van der Waals surface area contributed by atoms with E-state index in [4.69, 9.17) is 0 Å². The third kappa shape index (κ3) is 3.44. The van der Waals surface area contributed by atoms with E-state index in [9.17, 15) is 13.2 Å². The van der Waals surface area contributed by atoms with E-state index in [1.54, 1.807) is 0 Å². The van der Waals surface area contributed by atoms with Crippen molar-refractivity contribution < 1.29 is 13.2 Å². The largest absolute Gasteiger partial charge is 0.204 e. The maximum Gasteiger partial charge on any atom is 0.194 e. The summed E-state index contributed by atoms with van der Waals surface area (Å²) in [5, 5.41) is 0. The number of halogens is 3. The molecule has 2 aromatic carbocycles. The second-order valence-electron chi connectivity index (χ2n) is 6.44. The van der Waals surface area contributed by atoms with Gasteiger partial charge in [0.1, 0.15) is 0 Å². The van der Waals surface area contributed by atoms with Gasteiger partial charge >= 0.3 is 0 Å². The van der Waals surface area contributed by atoms with Crippen LogP contribution in [-0.2, 0) is 25.7 Å². The van der Waals surface area contributed by atoms with Gasteiger partial charge in [-0.1, -0.05) is 31.2 Å². The zero-order valence-electron chi connectivity index (χ0n) is 13.3. The minimum absolute atomic E-state index is 0.368. The second-order valence-corrected chi connectivity index (χ2v) is 6.44. The van der Waals surface area contributed by atoms with Crippen molar-refractivity contribution >= 4 is 0 Å². The summed E-state index contributed by atoms with van der Waals surface area (Å²) in [6.07, 6.45) is 4.96. The van der Waals surface area contributed by atoms with Crippen molar-refractivity contribution in [3.8, 4) is 0 Å². The Morgan fingerprint density at radius 2 is 1.70 bits per heavy atom. The molecule has 0 saturated carbocycles. The van der Waals surface area contributed by atoms with Crippen LogP contribution in [0.2, 0.25) is 0 Å². The number of hydrogen-bond acceptors (Lipinski definition) is 0. The molecule has 0 radical (unpaired) electrons. The molecule has 0 heterocycles. The van der Waals surface area contributed by atoms with Gasteiger partial charge in [-0.2, -0.15) is 0 Å². The predicted molar refractivity (Wildman–Crippen MR) is 86.0 cm³/mol. The summed E-state index contributed by atoms with van der Waals surface area (Å²) in [4.78, 5) is 0. The molecule has 1 unspecified atom stereocenters. The van der Waals surface area contributed by atoms with Crippen LogP contribution in [0.3, 0.4) is 0 Å². The lowest BCUT2D eigenvalue weighted by Crippen LogP contribution is -2.18. The van der Waals surface area contributed by atoms with Gasteiger partial charge in [0.2, 0.25) is 0 Å². The van der Waals surface area contributed by atoms with Crippen LogP contribution in [0.1, 0.15) is 42.0 Å². The van der Waals surface area contributed by atoms with Crippen molar-refractivity contribution in [1.82, 2.24) is 0 Å². The molecule has 0 bridgehead atoms. The summed E-state index contributed by atoms with van der Waals surface area (Å²) in [7, 11) is 0. The predicted octanol–water partition coefficient (Wildman–Crippen LogP) is 5.40. The van der Waals surface area contributed by atoms with E-state index >= 15 is 0 Å². The van der Waals surface area contributed by atoms with Crippen molar-refractivity contribution in [2.45, 2.75) is 45.4 Å². The first-order valence-electron chi connectivity index (χ1n) is 8.31. The number of aryl methyl sites for hydroxylation is 2. The molecule has 0 nitrogen and oxygen atoms in total. The van der Waals surface area contributed by atoms with Crippen LogP contribution < -0.4 is 0 Å². The number of benzene rings is 2. The summed E-state index contributed by atoms with van der Waals surface area (Å²) in [5.41, 5.74) is 3.63. The Balaban J connectivity index is 1.65. The molecule has 1 aliphatic carbocycles. The Labute approximate surface area is 135 Å². The SMILES string of the molecule is CCc1ccc(CCC2CCc3c(cc(F)c(F)c3F)C2)cc1. The van der Waals surface area contributed by atoms with E-state index in [-0.39, 0.29) is 0 Å². The molecule has 0 N–H and O–H groups in total. The minimum atomic E-state index is -1.33. The molecule has 1 atom stereocenters. The van der Waals surface area contributed by atoms with Gasteiger partial charge in [0.15, 0.2) is 17.5 Å². The molecule has 0 aliphatic heterocycles. The van der Waals surface area contributed by atoms with Crippen molar-refractivity contribution in [2.24, 2.45) is 5.92 Å². The number of fused-ring (bicyclic) bond motifs is 1. The summed E-state index contributed by atoms with van der Waals surface area (Å²) >= 11 is 0. The van der Waals surface area contributed by atoms with E-state index < -0.39 is 17.5 Å². The van der Waals surface area contributed by atoms with E-state index in [1.807, 2.05) is 0 Å². The average molecular weight is 318 g/mol. The molecule has 0 aromatic heterocycles. The van der Waals surface area contributed by atoms with Crippen LogP contribution in [-0.4, -0.2) is 0 Å². The lowest BCUT2D eigenvalue weighted by molar-refractivity contribution is 0.394. The third-order valence-electron chi connectivity index (χ3n) is 4.94. The monoisotopic (exact) mass is 318 g/mol. The van der Waals surface area contributed by atoms with Gasteiger partial charge in [0, 0.05) is 0 Å². The van der Waals surface area contributed by atoms with E-state index in [2.05, 4.69) is 31.2 Å². The number of hydrogen-bond donors (Lipinski definition) is 0. The summed E-state index contributed by atoms with van der Waals surface area (Å²) in [6, 6.07) is 9.79. The van der Waals surface area contributed by atoms with Gasteiger partial charge < -0.3 is 0 Å². The van der Waals surface area contributed by atoms with Crippen LogP contribution in [0, 0.1) is 23.4 Å².